The summed E-state index contributed by atoms with van der Waals surface area (Å²) < 4.78 is 0. The molecule has 0 aliphatic carbocycles. The molecule has 19 heavy (non-hydrogen) atoms. The van der Waals surface area contributed by atoms with E-state index in [4.69, 9.17) is 5.73 Å². The Morgan fingerprint density at radius 1 is 1.32 bits per heavy atom. The second-order valence-corrected chi connectivity index (χ2v) is 4.35. The van der Waals surface area contributed by atoms with Gasteiger partial charge in [-0.15, -0.1) is 0 Å². The number of nitrogens with two attached hydrogens (primary N) is 1. The van der Waals surface area contributed by atoms with Crippen LogP contribution in [0.3, 0.4) is 0 Å². The highest BCUT2D eigenvalue weighted by Crippen LogP contribution is 2.10. The van der Waals surface area contributed by atoms with Crippen molar-refractivity contribution in [3.05, 3.63) is 11.5 Å². The van der Waals surface area contributed by atoms with Crippen molar-refractivity contribution in [1.82, 2.24) is 10.2 Å². The molecule has 3 N–H and O–H groups in total. The average molecular weight is 268 g/mol. The molecule has 0 aliphatic rings. The minimum absolute atomic E-state index is 0.0592. The zero-order valence-electron chi connectivity index (χ0n) is 12.4. The first-order chi connectivity index (χ1) is 8.84. The number of likely N-dealkylation sites (N-methyl/N-ethyl adjacent to an activating group) is 1. The van der Waals surface area contributed by atoms with Crippen LogP contribution in [0.1, 0.15) is 40.0 Å². The van der Waals surface area contributed by atoms with E-state index in [1.54, 1.807) is 7.05 Å². The topological polar surface area (TPSA) is 87.8 Å². The number of carbonyl (C=O) groups excluding carboxylic acids is 2. The molecule has 0 saturated heterocycles. The summed E-state index contributed by atoms with van der Waals surface area (Å²) in [5.74, 6) is -0.482. The van der Waals surface area contributed by atoms with Crippen LogP contribution in [0.5, 0.6) is 0 Å². The van der Waals surface area contributed by atoms with Gasteiger partial charge in [-0.3, -0.25) is 14.5 Å². The quantitative estimate of drug-likeness (QED) is 0.556. The molecule has 0 aromatic heterocycles. The molecule has 108 valence electrons. The number of rotatable bonds is 6. The third kappa shape index (κ3) is 5.54. The lowest BCUT2D eigenvalue weighted by Gasteiger charge is -2.18. The highest BCUT2D eigenvalue weighted by Gasteiger charge is 2.17. The SMILES string of the molecule is CCCCC(C)=N/C(=C(\N)C(=O)NC)N(C)C(C)=O. The first-order valence-corrected chi connectivity index (χ1v) is 6.35. The fraction of sp³-hybridized carbons (Fsp3) is 0.615. The van der Waals surface area contributed by atoms with Crippen molar-refractivity contribution >= 4 is 17.5 Å². The van der Waals surface area contributed by atoms with Crippen LogP contribution in [0.4, 0.5) is 0 Å². The number of hydrogen-bond donors (Lipinski definition) is 2. The Morgan fingerprint density at radius 3 is 2.32 bits per heavy atom. The van der Waals surface area contributed by atoms with Crippen LogP contribution in [0.15, 0.2) is 16.5 Å². The summed E-state index contributed by atoms with van der Waals surface area (Å²) in [5, 5.41) is 2.43. The highest BCUT2D eigenvalue weighted by atomic mass is 16.2. The molecule has 2 amide bonds. The summed E-state index contributed by atoms with van der Waals surface area (Å²) in [5.41, 5.74) is 6.54. The van der Waals surface area contributed by atoms with Gasteiger partial charge in [-0.05, 0) is 19.8 Å². The van der Waals surface area contributed by atoms with Crippen LogP contribution in [0.2, 0.25) is 0 Å². The van der Waals surface area contributed by atoms with Crippen LogP contribution in [-0.4, -0.2) is 36.5 Å². The van der Waals surface area contributed by atoms with E-state index in [-0.39, 0.29) is 17.4 Å². The van der Waals surface area contributed by atoms with E-state index in [2.05, 4.69) is 17.2 Å². The summed E-state index contributed by atoms with van der Waals surface area (Å²) in [6.07, 6.45) is 2.87. The van der Waals surface area contributed by atoms with Gasteiger partial charge in [0.15, 0.2) is 5.82 Å². The van der Waals surface area contributed by atoms with Crippen LogP contribution in [0.25, 0.3) is 0 Å². The van der Waals surface area contributed by atoms with Crippen molar-refractivity contribution in [2.75, 3.05) is 14.1 Å². The Hall–Kier alpha value is -1.85. The van der Waals surface area contributed by atoms with E-state index in [0.29, 0.717) is 0 Å². The zero-order chi connectivity index (χ0) is 15.0. The predicted molar refractivity (Wildman–Crippen MR) is 76.4 cm³/mol. The predicted octanol–water partition coefficient (Wildman–Crippen LogP) is 0.990. The van der Waals surface area contributed by atoms with Crippen LogP contribution in [0, 0.1) is 0 Å². The number of aliphatic imine (C=N–C) groups is 1. The fourth-order valence-corrected chi connectivity index (χ4v) is 1.37. The second-order valence-electron chi connectivity index (χ2n) is 4.35. The van der Waals surface area contributed by atoms with Gasteiger partial charge in [-0.1, -0.05) is 13.3 Å². The summed E-state index contributed by atoms with van der Waals surface area (Å²) in [6, 6.07) is 0. The van der Waals surface area contributed by atoms with Gasteiger partial charge in [-0.25, -0.2) is 4.99 Å². The summed E-state index contributed by atoms with van der Waals surface area (Å²) in [6.45, 7) is 5.35. The molecule has 0 rings (SSSR count). The molecule has 0 spiro atoms. The molecule has 6 heteroatoms. The van der Waals surface area contributed by atoms with Gasteiger partial charge in [0.05, 0.1) is 0 Å². The number of nitrogens with zero attached hydrogens (tertiary/aromatic N) is 2. The summed E-state index contributed by atoms with van der Waals surface area (Å²) >= 11 is 0. The van der Waals surface area contributed by atoms with Crippen LogP contribution in [-0.2, 0) is 9.59 Å². The van der Waals surface area contributed by atoms with Gasteiger partial charge in [0.1, 0.15) is 5.70 Å². The van der Waals surface area contributed by atoms with Crippen molar-refractivity contribution in [3.63, 3.8) is 0 Å². The third-order valence-corrected chi connectivity index (χ3v) is 2.69. The average Bonchev–Trinajstić information content (AvgIpc) is 2.39. The minimum Gasteiger partial charge on any atom is -0.391 e. The third-order valence-electron chi connectivity index (χ3n) is 2.69. The number of hydrogen-bond acceptors (Lipinski definition) is 4. The minimum atomic E-state index is -0.449. The van der Waals surface area contributed by atoms with Crippen molar-refractivity contribution in [2.24, 2.45) is 10.7 Å². The van der Waals surface area contributed by atoms with Crippen molar-refractivity contribution in [1.29, 1.82) is 0 Å². The molecule has 0 aromatic rings. The lowest BCUT2D eigenvalue weighted by atomic mass is 10.2. The largest absolute Gasteiger partial charge is 0.391 e. The molecule has 0 heterocycles. The lowest BCUT2D eigenvalue weighted by Crippen LogP contribution is -2.32. The molecule has 0 aromatic carbocycles. The Kier molecular flexibility index (Phi) is 7.48. The Bertz CT molecular complexity index is 399. The number of amides is 2. The maximum atomic E-state index is 11.6. The molecule has 0 radical (unpaired) electrons. The first-order valence-electron chi connectivity index (χ1n) is 6.35. The normalized spacial score (nSPS) is 12.8. The molecular weight excluding hydrogens is 244 g/mol. The molecule has 0 bridgehead atoms. The smallest absolute Gasteiger partial charge is 0.270 e. The lowest BCUT2D eigenvalue weighted by molar-refractivity contribution is -0.125. The highest BCUT2D eigenvalue weighted by molar-refractivity contribution is 5.94. The van der Waals surface area contributed by atoms with Gasteiger partial charge in [0, 0.05) is 26.7 Å². The summed E-state index contributed by atoms with van der Waals surface area (Å²) in [7, 11) is 3.03. The molecular formula is C13H24N4O2. The summed E-state index contributed by atoms with van der Waals surface area (Å²) in [4.78, 5) is 28.6. The van der Waals surface area contributed by atoms with Crippen LogP contribution < -0.4 is 11.1 Å². The molecule has 6 nitrogen and oxygen atoms in total. The van der Waals surface area contributed by atoms with Gasteiger partial charge in [-0.2, -0.15) is 0 Å². The fourth-order valence-electron chi connectivity index (χ4n) is 1.37. The molecule has 0 aliphatic heterocycles. The van der Waals surface area contributed by atoms with E-state index in [1.165, 1.54) is 18.9 Å². The maximum absolute atomic E-state index is 11.6. The Balaban J connectivity index is 5.41. The maximum Gasteiger partial charge on any atom is 0.270 e. The van der Waals surface area contributed by atoms with E-state index in [9.17, 15) is 9.59 Å². The molecule has 0 atom stereocenters. The number of unbranched alkanes of at least 4 members (excludes halogenated alkanes) is 1. The van der Waals surface area contributed by atoms with Crippen molar-refractivity contribution in [2.45, 2.75) is 40.0 Å². The van der Waals surface area contributed by atoms with Crippen molar-refractivity contribution < 1.29 is 9.59 Å². The Morgan fingerprint density at radius 2 is 1.89 bits per heavy atom. The number of nitrogens with one attached hydrogen (secondary N) is 1. The second kappa shape index (κ2) is 8.29. The standard InChI is InChI=1S/C13H24N4O2/c1-6-7-8-9(2)16-12(17(5)10(3)18)11(14)13(19)15-4/h6-8,14H2,1-5H3,(H,15,19)/b12-11+,16-9?. The molecule has 0 saturated carbocycles. The van der Waals surface area contributed by atoms with Gasteiger partial charge in [0.25, 0.3) is 5.91 Å². The van der Waals surface area contributed by atoms with E-state index in [0.717, 1.165) is 25.0 Å². The molecule has 0 fully saturated rings. The Labute approximate surface area is 114 Å². The first kappa shape index (κ1) is 17.2. The van der Waals surface area contributed by atoms with Gasteiger partial charge >= 0.3 is 0 Å². The molecule has 0 unspecified atom stereocenters. The van der Waals surface area contributed by atoms with E-state index in [1.807, 2.05) is 6.92 Å². The van der Waals surface area contributed by atoms with Crippen LogP contribution >= 0.6 is 0 Å². The zero-order valence-corrected chi connectivity index (χ0v) is 12.4. The van der Waals surface area contributed by atoms with Crippen molar-refractivity contribution in [3.8, 4) is 0 Å². The van der Waals surface area contributed by atoms with E-state index < -0.39 is 5.91 Å². The number of carbonyl (C=O) groups is 2. The monoisotopic (exact) mass is 268 g/mol. The van der Waals surface area contributed by atoms with E-state index >= 15 is 0 Å². The van der Waals surface area contributed by atoms with Gasteiger partial charge in [0.2, 0.25) is 5.91 Å². The van der Waals surface area contributed by atoms with Gasteiger partial charge < -0.3 is 11.1 Å².